The van der Waals surface area contributed by atoms with Crippen molar-refractivity contribution in [2.45, 2.75) is 51.7 Å². The van der Waals surface area contributed by atoms with Gasteiger partial charge in [0, 0.05) is 42.4 Å². The maximum absolute atomic E-state index is 12.0. The molecule has 0 radical (unpaired) electrons. The van der Waals surface area contributed by atoms with Crippen molar-refractivity contribution in [1.29, 1.82) is 5.26 Å². The van der Waals surface area contributed by atoms with E-state index in [-0.39, 0.29) is 30.6 Å². The number of nitrogens with zero attached hydrogens (tertiary/aromatic N) is 2. The van der Waals surface area contributed by atoms with Gasteiger partial charge in [0.1, 0.15) is 30.0 Å². The number of fused-ring (bicyclic) bond motifs is 2. The first-order valence-corrected chi connectivity index (χ1v) is 14.3. The first-order chi connectivity index (χ1) is 20.7. The molecule has 2 heterocycles. The predicted molar refractivity (Wildman–Crippen MR) is 161 cm³/mol. The fourth-order valence-corrected chi connectivity index (χ4v) is 6.29. The number of benzene rings is 3. The molecule has 0 saturated carbocycles. The van der Waals surface area contributed by atoms with E-state index in [4.69, 9.17) is 14.2 Å². The number of pyridine rings is 1. The van der Waals surface area contributed by atoms with Crippen LogP contribution in [0.25, 0.3) is 11.1 Å². The van der Waals surface area contributed by atoms with E-state index in [9.17, 15) is 20.0 Å². The third kappa shape index (κ3) is 5.46. The van der Waals surface area contributed by atoms with Gasteiger partial charge >= 0.3 is 5.97 Å². The number of carboxylic acids is 1. The minimum Gasteiger partial charge on any atom is -0.492 e. The van der Waals surface area contributed by atoms with Crippen LogP contribution < -0.4 is 19.8 Å². The van der Waals surface area contributed by atoms with Gasteiger partial charge in [0.25, 0.3) is 5.56 Å². The number of aliphatic carboxylic acids is 1. The van der Waals surface area contributed by atoms with Crippen molar-refractivity contribution in [2.75, 3.05) is 6.61 Å². The van der Waals surface area contributed by atoms with Crippen LogP contribution in [0.4, 0.5) is 0 Å². The predicted octanol–water partition coefficient (Wildman–Crippen LogP) is 6.14. The Morgan fingerprint density at radius 1 is 1.05 bits per heavy atom. The molecular formula is C35H32N2O6. The lowest BCUT2D eigenvalue weighted by Gasteiger charge is -2.19. The fraction of sp³-hybridized carbons (Fsp3) is 0.286. The van der Waals surface area contributed by atoms with Gasteiger partial charge in [-0.3, -0.25) is 9.59 Å². The molecule has 0 bridgehead atoms. The molecule has 8 nitrogen and oxygen atoms in total. The van der Waals surface area contributed by atoms with Gasteiger partial charge in [-0.15, -0.1) is 0 Å². The number of ether oxygens (including phenoxy) is 3. The molecule has 8 heteroatoms. The second-order valence-corrected chi connectivity index (χ2v) is 11.3. The molecule has 0 fully saturated rings. The molecule has 218 valence electrons. The SMILES string of the molecule is Cc1cc(OCc2ccn(C)c(=O)c2)cc(C)c1-c1c(C#N)ccc2c1CC[C@H]2Oc1ccc2c(c1)OCC2CC(=O)O. The number of carboxylic acid groups (broad SMARTS) is 1. The van der Waals surface area contributed by atoms with Gasteiger partial charge in [-0.2, -0.15) is 5.26 Å². The topological polar surface area (TPSA) is 111 Å². The van der Waals surface area contributed by atoms with Crippen LogP contribution in [0, 0.1) is 25.2 Å². The van der Waals surface area contributed by atoms with Crippen molar-refractivity contribution in [3.8, 4) is 34.4 Å². The van der Waals surface area contributed by atoms with Crippen molar-refractivity contribution in [3.05, 3.63) is 110 Å². The second-order valence-electron chi connectivity index (χ2n) is 11.3. The maximum Gasteiger partial charge on any atom is 0.304 e. The van der Waals surface area contributed by atoms with Crippen LogP contribution >= 0.6 is 0 Å². The van der Waals surface area contributed by atoms with Crippen molar-refractivity contribution < 1.29 is 24.1 Å². The van der Waals surface area contributed by atoms with Crippen molar-refractivity contribution in [2.24, 2.45) is 7.05 Å². The molecule has 2 atom stereocenters. The van der Waals surface area contributed by atoms with Crippen LogP contribution in [0.2, 0.25) is 0 Å². The van der Waals surface area contributed by atoms with E-state index in [2.05, 4.69) is 6.07 Å². The van der Waals surface area contributed by atoms with Gasteiger partial charge in [-0.05, 0) is 90.4 Å². The van der Waals surface area contributed by atoms with Crippen LogP contribution in [0.3, 0.4) is 0 Å². The summed E-state index contributed by atoms with van der Waals surface area (Å²) in [7, 11) is 1.71. The molecule has 1 unspecified atom stereocenters. The van der Waals surface area contributed by atoms with Gasteiger partial charge in [0.05, 0.1) is 24.7 Å². The molecule has 0 saturated heterocycles. The summed E-state index contributed by atoms with van der Waals surface area (Å²) in [6.07, 6.45) is 3.12. The van der Waals surface area contributed by atoms with E-state index < -0.39 is 5.97 Å². The third-order valence-corrected chi connectivity index (χ3v) is 8.37. The van der Waals surface area contributed by atoms with E-state index >= 15 is 0 Å². The first kappa shape index (κ1) is 28.1. The lowest BCUT2D eigenvalue weighted by atomic mass is 9.87. The van der Waals surface area contributed by atoms with E-state index in [1.165, 1.54) is 4.57 Å². The first-order valence-electron chi connectivity index (χ1n) is 14.3. The Morgan fingerprint density at radius 2 is 1.81 bits per heavy atom. The van der Waals surface area contributed by atoms with Gasteiger partial charge in [0.15, 0.2) is 0 Å². The summed E-state index contributed by atoms with van der Waals surface area (Å²) in [6, 6.07) is 19.3. The van der Waals surface area contributed by atoms with Gasteiger partial charge in [-0.25, -0.2) is 0 Å². The summed E-state index contributed by atoms with van der Waals surface area (Å²) in [5.74, 6) is 1.05. The van der Waals surface area contributed by atoms with Gasteiger partial charge in [-0.1, -0.05) is 12.1 Å². The Balaban J connectivity index is 1.26. The Kier molecular flexibility index (Phi) is 7.41. The summed E-state index contributed by atoms with van der Waals surface area (Å²) in [4.78, 5) is 23.2. The largest absolute Gasteiger partial charge is 0.492 e. The summed E-state index contributed by atoms with van der Waals surface area (Å²) in [6.45, 7) is 4.69. The van der Waals surface area contributed by atoms with Crippen molar-refractivity contribution in [3.63, 3.8) is 0 Å². The second kappa shape index (κ2) is 11.3. The van der Waals surface area contributed by atoms with Gasteiger partial charge in [0.2, 0.25) is 0 Å². The summed E-state index contributed by atoms with van der Waals surface area (Å²) >= 11 is 0. The monoisotopic (exact) mass is 576 g/mol. The number of aromatic nitrogens is 1. The molecule has 1 aromatic heterocycles. The average molecular weight is 577 g/mol. The highest BCUT2D eigenvalue weighted by molar-refractivity contribution is 5.81. The Hall–Kier alpha value is -5.03. The highest BCUT2D eigenvalue weighted by atomic mass is 16.5. The van der Waals surface area contributed by atoms with Crippen LogP contribution in [0.15, 0.2) is 65.6 Å². The minimum absolute atomic E-state index is 0.0351. The molecule has 2 aliphatic rings. The number of carbonyl (C=O) groups is 1. The highest BCUT2D eigenvalue weighted by Crippen LogP contribution is 2.45. The normalized spacial score (nSPS) is 16.6. The number of hydrogen-bond acceptors (Lipinski definition) is 6. The zero-order valence-corrected chi connectivity index (χ0v) is 24.3. The van der Waals surface area contributed by atoms with E-state index in [0.717, 1.165) is 57.3 Å². The van der Waals surface area contributed by atoms with Crippen molar-refractivity contribution in [1.82, 2.24) is 4.57 Å². The van der Waals surface area contributed by atoms with Crippen LogP contribution in [0.5, 0.6) is 17.2 Å². The third-order valence-electron chi connectivity index (χ3n) is 8.37. The number of hydrogen-bond donors (Lipinski definition) is 1. The molecule has 3 aromatic carbocycles. The molecular weight excluding hydrogens is 544 g/mol. The number of nitriles is 1. The van der Waals surface area contributed by atoms with E-state index in [1.54, 1.807) is 19.3 Å². The van der Waals surface area contributed by atoms with Crippen molar-refractivity contribution >= 4 is 5.97 Å². The summed E-state index contributed by atoms with van der Waals surface area (Å²) < 4.78 is 19.8. The zero-order chi connectivity index (χ0) is 30.2. The fourth-order valence-electron chi connectivity index (χ4n) is 6.29. The van der Waals surface area contributed by atoms with Crippen LogP contribution in [-0.2, 0) is 24.9 Å². The molecule has 1 N–H and O–H groups in total. The van der Waals surface area contributed by atoms with Crippen LogP contribution in [0.1, 0.15) is 63.8 Å². The Morgan fingerprint density at radius 3 is 2.53 bits per heavy atom. The summed E-state index contributed by atoms with van der Waals surface area (Å²) in [5.41, 5.74) is 8.37. The number of rotatable bonds is 8. The molecule has 43 heavy (non-hydrogen) atoms. The zero-order valence-electron chi connectivity index (χ0n) is 24.3. The minimum atomic E-state index is -0.843. The van der Waals surface area contributed by atoms with E-state index in [0.29, 0.717) is 29.4 Å². The Labute approximate surface area is 249 Å². The summed E-state index contributed by atoms with van der Waals surface area (Å²) in [5, 5.41) is 19.3. The number of aryl methyl sites for hydroxylation is 3. The maximum atomic E-state index is 12.0. The molecule has 0 spiro atoms. The smallest absolute Gasteiger partial charge is 0.304 e. The standard InChI is InChI=1S/C35H32N2O6/c1-20-12-26(41-18-22-10-11-37(3)32(38)14-22)13-21(2)34(20)35-23(17-36)4-6-28-29(35)8-9-30(28)43-25-5-7-27-24(15-33(39)40)19-42-31(27)16-25/h4-7,10-14,16,24,30H,8-9,15,18-19H2,1-3H3,(H,39,40)/t24?,30-/m1/s1. The van der Waals surface area contributed by atoms with Gasteiger partial charge < -0.3 is 23.9 Å². The quantitative estimate of drug-likeness (QED) is 0.268. The lowest BCUT2D eigenvalue weighted by molar-refractivity contribution is -0.137. The van der Waals surface area contributed by atoms with Crippen LogP contribution in [-0.4, -0.2) is 22.2 Å². The van der Waals surface area contributed by atoms with E-state index in [1.807, 2.05) is 62.4 Å². The average Bonchev–Trinajstić information content (AvgIpc) is 3.56. The highest BCUT2D eigenvalue weighted by Gasteiger charge is 2.31. The molecule has 1 aliphatic carbocycles. The Bertz CT molecular complexity index is 1830. The lowest BCUT2D eigenvalue weighted by Crippen LogP contribution is -2.15. The molecule has 6 rings (SSSR count). The molecule has 1 aliphatic heterocycles. The molecule has 0 amide bonds. The molecule has 4 aromatic rings.